The fourth-order valence-corrected chi connectivity index (χ4v) is 1.85. The number of rotatable bonds is 7. The van der Waals surface area contributed by atoms with Crippen LogP contribution in [0.3, 0.4) is 0 Å². The number of amides is 1. The van der Waals surface area contributed by atoms with Crippen LogP contribution in [0.1, 0.15) is 49.0 Å². The summed E-state index contributed by atoms with van der Waals surface area (Å²) in [6.07, 6.45) is 1.20. The van der Waals surface area contributed by atoms with Crippen molar-refractivity contribution in [1.29, 1.82) is 0 Å². The van der Waals surface area contributed by atoms with Crippen LogP contribution in [0.5, 0.6) is 5.75 Å². The van der Waals surface area contributed by atoms with E-state index in [9.17, 15) is 9.59 Å². The molecule has 1 aromatic carbocycles. The van der Waals surface area contributed by atoms with Crippen LogP contribution in [0.4, 0.5) is 0 Å². The van der Waals surface area contributed by atoms with E-state index in [-0.39, 0.29) is 24.2 Å². The number of Topliss-reactive ketones (excluding diaryl/α,β-unsaturated/α-hetero) is 1. The molecule has 4 nitrogen and oxygen atoms in total. The van der Waals surface area contributed by atoms with E-state index in [1.807, 2.05) is 26.8 Å². The molecule has 104 valence electrons. The first-order valence-electron chi connectivity index (χ1n) is 6.49. The lowest BCUT2D eigenvalue weighted by Gasteiger charge is -2.12. The van der Waals surface area contributed by atoms with Crippen molar-refractivity contribution in [2.24, 2.45) is 5.73 Å². The van der Waals surface area contributed by atoms with E-state index in [1.165, 1.54) is 0 Å². The Morgan fingerprint density at radius 3 is 2.47 bits per heavy atom. The number of primary amides is 1. The number of hydrogen-bond acceptors (Lipinski definition) is 3. The molecule has 0 radical (unpaired) electrons. The topological polar surface area (TPSA) is 69.4 Å². The molecular weight excluding hydrogens is 242 g/mol. The van der Waals surface area contributed by atoms with E-state index in [4.69, 9.17) is 10.5 Å². The number of ketones is 1. The molecule has 0 aliphatic rings. The molecule has 2 N–H and O–H groups in total. The number of nitrogens with two attached hydrogens (primary N) is 1. The maximum atomic E-state index is 12.0. The van der Waals surface area contributed by atoms with Gasteiger partial charge in [-0.1, -0.05) is 0 Å². The van der Waals surface area contributed by atoms with Crippen LogP contribution in [-0.2, 0) is 4.79 Å². The van der Waals surface area contributed by atoms with Crippen molar-refractivity contribution in [2.75, 3.05) is 0 Å². The maximum Gasteiger partial charge on any atom is 0.217 e. The van der Waals surface area contributed by atoms with Crippen molar-refractivity contribution in [1.82, 2.24) is 0 Å². The van der Waals surface area contributed by atoms with E-state index in [2.05, 4.69) is 0 Å². The molecular formula is C15H21NO3. The largest absolute Gasteiger partial charge is 0.491 e. The molecule has 0 aliphatic heterocycles. The molecule has 0 atom stereocenters. The van der Waals surface area contributed by atoms with Crippen LogP contribution in [0, 0.1) is 6.92 Å². The fourth-order valence-electron chi connectivity index (χ4n) is 1.85. The van der Waals surface area contributed by atoms with Gasteiger partial charge in [0.15, 0.2) is 5.78 Å². The highest BCUT2D eigenvalue weighted by atomic mass is 16.5. The minimum atomic E-state index is -0.370. The average Bonchev–Trinajstić information content (AvgIpc) is 2.27. The molecule has 1 aromatic rings. The standard InChI is InChI=1S/C15H21NO3/c1-10(2)19-12-7-8-13(11(3)9-12)14(17)5-4-6-15(16)18/h7-10H,4-6H2,1-3H3,(H2,16,18). The first-order chi connectivity index (χ1) is 8.90. The third-order valence-corrected chi connectivity index (χ3v) is 2.70. The number of aryl methyl sites for hydroxylation is 1. The number of ether oxygens (including phenoxy) is 1. The molecule has 0 fully saturated rings. The number of benzene rings is 1. The summed E-state index contributed by atoms with van der Waals surface area (Å²) in [4.78, 5) is 22.6. The van der Waals surface area contributed by atoms with Gasteiger partial charge in [-0.15, -0.1) is 0 Å². The first-order valence-corrected chi connectivity index (χ1v) is 6.49. The van der Waals surface area contributed by atoms with Gasteiger partial charge in [0.25, 0.3) is 0 Å². The van der Waals surface area contributed by atoms with Crippen molar-refractivity contribution in [3.05, 3.63) is 29.3 Å². The van der Waals surface area contributed by atoms with Crippen LogP contribution in [-0.4, -0.2) is 17.8 Å². The first kappa shape index (κ1) is 15.2. The zero-order chi connectivity index (χ0) is 14.4. The predicted octanol–water partition coefficient (Wildman–Crippen LogP) is 2.62. The van der Waals surface area contributed by atoms with E-state index in [1.54, 1.807) is 12.1 Å². The van der Waals surface area contributed by atoms with Gasteiger partial charge in [0.2, 0.25) is 5.91 Å². The summed E-state index contributed by atoms with van der Waals surface area (Å²) in [5, 5.41) is 0. The van der Waals surface area contributed by atoms with Gasteiger partial charge in [-0.3, -0.25) is 9.59 Å². The quantitative estimate of drug-likeness (QED) is 0.769. The highest BCUT2D eigenvalue weighted by molar-refractivity contribution is 5.97. The van der Waals surface area contributed by atoms with Gasteiger partial charge in [-0.2, -0.15) is 0 Å². The molecule has 0 saturated heterocycles. The second-order valence-corrected chi connectivity index (χ2v) is 4.89. The van der Waals surface area contributed by atoms with Crippen LogP contribution in [0.25, 0.3) is 0 Å². The number of hydrogen-bond donors (Lipinski definition) is 1. The molecule has 0 bridgehead atoms. The molecule has 0 saturated carbocycles. The van der Waals surface area contributed by atoms with Crippen LogP contribution in [0.2, 0.25) is 0 Å². The molecule has 1 amide bonds. The Morgan fingerprint density at radius 1 is 1.26 bits per heavy atom. The third-order valence-electron chi connectivity index (χ3n) is 2.70. The Morgan fingerprint density at radius 2 is 1.95 bits per heavy atom. The smallest absolute Gasteiger partial charge is 0.217 e. The second-order valence-electron chi connectivity index (χ2n) is 4.89. The summed E-state index contributed by atoms with van der Waals surface area (Å²) >= 11 is 0. The summed E-state index contributed by atoms with van der Waals surface area (Å²) in [6.45, 7) is 5.80. The Hall–Kier alpha value is -1.84. The summed E-state index contributed by atoms with van der Waals surface area (Å²) in [5.41, 5.74) is 6.62. The molecule has 0 aliphatic carbocycles. The normalized spacial score (nSPS) is 10.5. The predicted molar refractivity (Wildman–Crippen MR) is 74.3 cm³/mol. The van der Waals surface area contributed by atoms with Gasteiger partial charge >= 0.3 is 0 Å². The average molecular weight is 263 g/mol. The Bertz CT molecular complexity index is 466. The second kappa shape index (κ2) is 6.92. The lowest BCUT2D eigenvalue weighted by Crippen LogP contribution is -2.11. The molecule has 1 rings (SSSR count). The lowest BCUT2D eigenvalue weighted by atomic mass is 10.0. The van der Waals surface area contributed by atoms with Crippen molar-refractivity contribution < 1.29 is 14.3 Å². The van der Waals surface area contributed by atoms with Crippen molar-refractivity contribution >= 4 is 11.7 Å². The van der Waals surface area contributed by atoms with Gasteiger partial charge in [-0.25, -0.2) is 0 Å². The summed E-state index contributed by atoms with van der Waals surface area (Å²) in [7, 11) is 0. The Labute approximate surface area is 113 Å². The van der Waals surface area contributed by atoms with Gasteiger partial charge in [0.1, 0.15) is 5.75 Å². The van der Waals surface area contributed by atoms with E-state index < -0.39 is 0 Å². The molecule has 19 heavy (non-hydrogen) atoms. The van der Waals surface area contributed by atoms with Gasteiger partial charge in [-0.05, 0) is 51.0 Å². The highest BCUT2D eigenvalue weighted by Gasteiger charge is 2.10. The van der Waals surface area contributed by atoms with Crippen LogP contribution < -0.4 is 10.5 Å². The lowest BCUT2D eigenvalue weighted by molar-refractivity contribution is -0.118. The van der Waals surface area contributed by atoms with Crippen molar-refractivity contribution in [3.8, 4) is 5.75 Å². The Kier molecular flexibility index (Phi) is 5.55. The molecule has 0 unspecified atom stereocenters. The number of carbonyl (C=O) groups is 2. The number of carbonyl (C=O) groups excluding carboxylic acids is 2. The summed E-state index contributed by atoms with van der Waals surface area (Å²) < 4.78 is 5.57. The monoisotopic (exact) mass is 263 g/mol. The van der Waals surface area contributed by atoms with Crippen molar-refractivity contribution in [3.63, 3.8) is 0 Å². The minimum Gasteiger partial charge on any atom is -0.491 e. The Balaban J connectivity index is 2.67. The van der Waals surface area contributed by atoms with Gasteiger partial charge in [0.05, 0.1) is 6.10 Å². The third kappa shape index (κ3) is 5.12. The minimum absolute atomic E-state index is 0.0369. The molecule has 4 heteroatoms. The summed E-state index contributed by atoms with van der Waals surface area (Å²) in [6, 6.07) is 5.44. The van der Waals surface area contributed by atoms with E-state index in [0.29, 0.717) is 18.4 Å². The fraction of sp³-hybridized carbons (Fsp3) is 0.467. The highest BCUT2D eigenvalue weighted by Crippen LogP contribution is 2.20. The van der Waals surface area contributed by atoms with E-state index >= 15 is 0 Å². The molecule has 0 spiro atoms. The summed E-state index contributed by atoms with van der Waals surface area (Å²) in [5.74, 6) is 0.432. The van der Waals surface area contributed by atoms with Crippen LogP contribution >= 0.6 is 0 Å². The molecule has 0 heterocycles. The zero-order valence-electron chi connectivity index (χ0n) is 11.7. The van der Waals surface area contributed by atoms with Gasteiger partial charge in [0, 0.05) is 18.4 Å². The van der Waals surface area contributed by atoms with Gasteiger partial charge < -0.3 is 10.5 Å². The molecule has 0 aromatic heterocycles. The van der Waals surface area contributed by atoms with Crippen LogP contribution in [0.15, 0.2) is 18.2 Å². The van der Waals surface area contributed by atoms with Crippen molar-refractivity contribution in [2.45, 2.75) is 46.1 Å². The zero-order valence-corrected chi connectivity index (χ0v) is 11.7. The SMILES string of the molecule is Cc1cc(OC(C)C)ccc1C(=O)CCCC(N)=O. The van der Waals surface area contributed by atoms with E-state index in [0.717, 1.165) is 11.3 Å². The maximum absolute atomic E-state index is 12.0.